The van der Waals surface area contributed by atoms with E-state index in [1.807, 2.05) is 6.07 Å². The van der Waals surface area contributed by atoms with Crippen molar-refractivity contribution in [3.63, 3.8) is 0 Å². The van der Waals surface area contributed by atoms with Crippen LogP contribution >= 0.6 is 0 Å². The molecule has 0 bridgehead atoms. The summed E-state index contributed by atoms with van der Waals surface area (Å²) in [4.78, 5) is 16.6. The van der Waals surface area contributed by atoms with Crippen LogP contribution in [0.5, 0.6) is 0 Å². The summed E-state index contributed by atoms with van der Waals surface area (Å²) < 4.78 is 4.67. The normalized spacial score (nSPS) is 12.0. The Balaban J connectivity index is 0.980. The molecular weight excluding hydrogens is 1070 g/mol. The number of hydrogen-bond donors (Lipinski definition) is 0. The van der Waals surface area contributed by atoms with Crippen molar-refractivity contribution in [1.82, 2.24) is 24.1 Å². The van der Waals surface area contributed by atoms with E-state index in [1.54, 1.807) is 0 Å². The Morgan fingerprint density at radius 2 is 0.557 bits per heavy atom. The molecule has 3 aromatic heterocycles. The predicted octanol–water partition coefficient (Wildman–Crippen LogP) is 22.0. The molecule has 0 radical (unpaired) electrons. The van der Waals surface area contributed by atoms with Crippen LogP contribution in [0.15, 0.2) is 285 Å². The maximum Gasteiger partial charge on any atom is 0.238 e. The second-order valence-electron chi connectivity index (χ2n) is 25.3. The topological polar surface area (TPSA) is 48.5 Å². The van der Waals surface area contributed by atoms with Crippen molar-refractivity contribution in [1.29, 1.82) is 0 Å². The standard InChI is InChI=1S/C83H65N5/c1-82(2,3)67-38-42-75-72(52-67)73-53-68(83(4,5)6)39-43-76(73)87(75)74-35-23-22-34-69(74)80-84-79(58-32-20-11-21-33-58)85-81(86-80)88-77-40-36-59(65-46-61(54-24-12-7-13-25-54)44-62(47-65)55-26-14-8-15-27-55)50-70(77)71-51-60(37-41-78(71)88)66-48-63(56-28-16-9-17-29-56)45-64(49-66)57-30-18-10-19-31-57/h7-53H,1-6H3. The first-order valence-corrected chi connectivity index (χ1v) is 30.5. The van der Waals surface area contributed by atoms with Crippen molar-refractivity contribution in [3.05, 3.63) is 296 Å². The van der Waals surface area contributed by atoms with E-state index in [1.165, 1.54) is 44.2 Å². The summed E-state index contributed by atoms with van der Waals surface area (Å²) in [6.07, 6.45) is 0. The van der Waals surface area contributed by atoms with Crippen molar-refractivity contribution in [2.75, 3.05) is 0 Å². The van der Waals surface area contributed by atoms with Gasteiger partial charge in [0, 0.05) is 32.7 Å². The fraction of sp³-hybridized carbons (Fsp3) is 0.0964. The molecule has 0 spiro atoms. The third-order valence-corrected chi connectivity index (χ3v) is 17.5. The van der Waals surface area contributed by atoms with Gasteiger partial charge >= 0.3 is 0 Å². The highest BCUT2D eigenvalue weighted by Gasteiger charge is 2.25. The van der Waals surface area contributed by atoms with Gasteiger partial charge in [-0.1, -0.05) is 230 Å². The van der Waals surface area contributed by atoms with E-state index in [0.29, 0.717) is 17.6 Å². The molecule has 15 aromatic rings. The van der Waals surface area contributed by atoms with Crippen molar-refractivity contribution < 1.29 is 0 Å². The lowest BCUT2D eigenvalue weighted by Crippen LogP contribution is -2.10. The SMILES string of the molecule is CC(C)(C)c1ccc2c(c1)c1cc(C(C)(C)C)ccc1n2-c1ccccc1-c1nc(-c2ccccc2)nc(-n2c3ccc(-c4cc(-c5ccccc5)cc(-c5ccccc5)c4)cc3c3cc(-c4cc(-c5ccccc5)cc(-c5ccccc5)c4)ccc32)n1. The first-order chi connectivity index (χ1) is 42.9. The first kappa shape index (κ1) is 53.9. The van der Waals surface area contributed by atoms with E-state index >= 15 is 0 Å². The summed E-state index contributed by atoms with van der Waals surface area (Å²) in [5, 5.41) is 4.61. The van der Waals surface area contributed by atoms with Gasteiger partial charge in [-0.15, -0.1) is 0 Å². The minimum atomic E-state index is -0.0358. The van der Waals surface area contributed by atoms with Gasteiger partial charge in [0.25, 0.3) is 0 Å². The van der Waals surface area contributed by atoms with Crippen LogP contribution < -0.4 is 0 Å². The summed E-state index contributed by atoms with van der Waals surface area (Å²) >= 11 is 0. The molecule has 15 rings (SSSR count). The second kappa shape index (κ2) is 21.6. The zero-order chi connectivity index (χ0) is 59.7. The van der Waals surface area contributed by atoms with E-state index in [4.69, 9.17) is 15.0 Å². The lowest BCUT2D eigenvalue weighted by Gasteiger charge is -2.19. The van der Waals surface area contributed by atoms with Crippen molar-refractivity contribution in [2.45, 2.75) is 52.4 Å². The number of benzene rings is 12. The maximum atomic E-state index is 5.66. The quantitative estimate of drug-likeness (QED) is 0.137. The molecular formula is C83H65N5. The van der Waals surface area contributed by atoms with Crippen LogP contribution in [0, 0.1) is 0 Å². The van der Waals surface area contributed by atoms with Crippen LogP contribution in [-0.4, -0.2) is 24.1 Å². The molecule has 422 valence electrons. The van der Waals surface area contributed by atoms with Crippen molar-refractivity contribution in [3.8, 4) is 101 Å². The van der Waals surface area contributed by atoms with Crippen LogP contribution in [0.1, 0.15) is 52.7 Å². The average molecular weight is 1130 g/mol. The van der Waals surface area contributed by atoms with Crippen molar-refractivity contribution >= 4 is 43.6 Å². The maximum absolute atomic E-state index is 5.66. The van der Waals surface area contributed by atoms with E-state index in [2.05, 4.69) is 330 Å². The molecule has 5 heteroatoms. The molecule has 0 unspecified atom stereocenters. The molecule has 0 saturated carbocycles. The smallest absolute Gasteiger partial charge is 0.238 e. The van der Waals surface area contributed by atoms with Gasteiger partial charge in [0.1, 0.15) is 0 Å². The van der Waals surface area contributed by atoms with Gasteiger partial charge in [-0.2, -0.15) is 9.97 Å². The Hall–Kier alpha value is -10.8. The summed E-state index contributed by atoms with van der Waals surface area (Å²) in [5.41, 5.74) is 23.3. The van der Waals surface area contributed by atoms with Gasteiger partial charge in [-0.3, -0.25) is 4.57 Å². The number of aromatic nitrogens is 5. The minimum Gasteiger partial charge on any atom is -0.309 e. The highest BCUT2D eigenvalue weighted by Crippen LogP contribution is 2.43. The molecule has 0 N–H and O–H groups in total. The molecule has 12 aromatic carbocycles. The molecule has 0 aliphatic heterocycles. The molecule has 0 amide bonds. The Labute approximate surface area is 514 Å². The van der Waals surface area contributed by atoms with Gasteiger partial charge in [-0.25, -0.2) is 4.98 Å². The van der Waals surface area contributed by atoms with Gasteiger partial charge in [-0.05, 0) is 186 Å². The lowest BCUT2D eigenvalue weighted by molar-refractivity contribution is 0.590. The van der Waals surface area contributed by atoms with Crippen molar-refractivity contribution in [2.24, 2.45) is 0 Å². The molecule has 0 fully saturated rings. The Bertz CT molecular complexity index is 4750. The first-order valence-electron chi connectivity index (χ1n) is 30.5. The van der Waals surface area contributed by atoms with Crippen LogP contribution in [0.2, 0.25) is 0 Å². The average Bonchev–Trinajstić information content (AvgIpc) is 1.64. The van der Waals surface area contributed by atoms with Gasteiger partial charge in [0.2, 0.25) is 5.95 Å². The molecule has 0 atom stereocenters. The Kier molecular flexibility index (Phi) is 13.3. The summed E-state index contributed by atoms with van der Waals surface area (Å²) in [6, 6.07) is 104. The summed E-state index contributed by atoms with van der Waals surface area (Å²) in [5.74, 6) is 1.69. The van der Waals surface area contributed by atoms with Gasteiger partial charge in [0.05, 0.1) is 27.8 Å². The van der Waals surface area contributed by atoms with Crippen LogP contribution in [0.25, 0.3) is 145 Å². The summed E-state index contributed by atoms with van der Waals surface area (Å²) in [7, 11) is 0. The molecule has 0 saturated heterocycles. The zero-order valence-electron chi connectivity index (χ0n) is 50.4. The number of rotatable bonds is 10. The summed E-state index contributed by atoms with van der Waals surface area (Å²) in [6.45, 7) is 13.7. The van der Waals surface area contributed by atoms with E-state index in [0.717, 1.165) is 94.2 Å². The fourth-order valence-electron chi connectivity index (χ4n) is 12.8. The Morgan fingerprint density at radius 1 is 0.239 bits per heavy atom. The van der Waals surface area contributed by atoms with Crippen LogP contribution in [0.3, 0.4) is 0 Å². The van der Waals surface area contributed by atoms with Crippen LogP contribution in [0.4, 0.5) is 0 Å². The molecule has 3 heterocycles. The van der Waals surface area contributed by atoms with E-state index < -0.39 is 0 Å². The molecule has 0 aliphatic carbocycles. The second-order valence-corrected chi connectivity index (χ2v) is 25.3. The highest BCUT2D eigenvalue weighted by molar-refractivity contribution is 6.12. The third kappa shape index (κ3) is 9.94. The Morgan fingerprint density at radius 3 is 0.955 bits per heavy atom. The number of fused-ring (bicyclic) bond motifs is 6. The monoisotopic (exact) mass is 1130 g/mol. The number of hydrogen-bond acceptors (Lipinski definition) is 3. The van der Waals surface area contributed by atoms with E-state index in [9.17, 15) is 0 Å². The minimum absolute atomic E-state index is 0.0358. The fourth-order valence-corrected chi connectivity index (χ4v) is 12.8. The lowest BCUT2D eigenvalue weighted by atomic mass is 9.85. The highest BCUT2D eigenvalue weighted by atomic mass is 15.2. The van der Waals surface area contributed by atoms with Gasteiger partial charge < -0.3 is 4.57 Å². The zero-order valence-corrected chi connectivity index (χ0v) is 50.4. The predicted molar refractivity (Wildman–Crippen MR) is 369 cm³/mol. The molecule has 0 aliphatic rings. The number of para-hydroxylation sites is 1. The van der Waals surface area contributed by atoms with Gasteiger partial charge in [0.15, 0.2) is 11.6 Å². The largest absolute Gasteiger partial charge is 0.309 e. The third-order valence-electron chi connectivity index (χ3n) is 17.5. The molecule has 88 heavy (non-hydrogen) atoms. The van der Waals surface area contributed by atoms with Crippen LogP contribution in [-0.2, 0) is 10.8 Å². The van der Waals surface area contributed by atoms with E-state index in [-0.39, 0.29) is 10.8 Å². The molecule has 5 nitrogen and oxygen atoms in total. The number of nitrogens with zero attached hydrogens (tertiary/aromatic N) is 5.